The van der Waals surface area contributed by atoms with Gasteiger partial charge in [0.2, 0.25) is 5.91 Å². The van der Waals surface area contributed by atoms with Gasteiger partial charge in [-0.1, -0.05) is 0 Å². The van der Waals surface area contributed by atoms with E-state index >= 15 is 0 Å². The third-order valence-electron chi connectivity index (χ3n) is 1.98. The first-order valence-corrected chi connectivity index (χ1v) is 5.83. The molecule has 0 unspecified atom stereocenters. The van der Waals surface area contributed by atoms with Crippen molar-refractivity contribution in [3.63, 3.8) is 0 Å². The number of hydrogen-bond acceptors (Lipinski definition) is 3. The molecule has 0 atom stereocenters. The number of methoxy groups -OCH3 is 1. The molecule has 0 aliphatic carbocycles. The van der Waals surface area contributed by atoms with E-state index in [-0.39, 0.29) is 18.9 Å². The van der Waals surface area contributed by atoms with Crippen LogP contribution in [0.4, 0.5) is 8.78 Å². The number of carbonyl (C=O) groups excluding carboxylic acids is 1. The van der Waals surface area contributed by atoms with Gasteiger partial charge in [-0.05, 0) is 0 Å². The normalized spacial score (nSPS) is 10.9. The zero-order valence-corrected chi connectivity index (χ0v) is 10.6. The number of rotatable bonds is 10. The average Bonchev–Trinajstić information content (AvgIpc) is 2.29. The maximum Gasteiger partial charge on any atom is 0.261 e. The van der Waals surface area contributed by atoms with Crippen molar-refractivity contribution in [1.29, 1.82) is 0 Å². The third-order valence-corrected chi connectivity index (χ3v) is 2.15. The third kappa shape index (κ3) is 9.26. The Hall–Kier alpha value is -0.460. The van der Waals surface area contributed by atoms with Crippen LogP contribution in [0.15, 0.2) is 0 Å². The lowest BCUT2D eigenvalue weighted by Crippen LogP contribution is -2.36. The Morgan fingerprint density at radius 3 is 2.59 bits per heavy atom. The summed E-state index contributed by atoms with van der Waals surface area (Å²) in [6, 6.07) is 0. The SMILES string of the molecule is COCCN(CCCl)C(=O)CCOCC(F)F. The largest absolute Gasteiger partial charge is 0.383 e. The Bertz CT molecular complexity index is 208. The molecule has 0 heterocycles. The summed E-state index contributed by atoms with van der Waals surface area (Å²) < 4.78 is 33.0. The van der Waals surface area contributed by atoms with Gasteiger partial charge in [0.05, 0.1) is 19.6 Å². The molecule has 0 aliphatic rings. The molecule has 0 radical (unpaired) electrons. The molecule has 0 aromatic rings. The Morgan fingerprint density at radius 2 is 2.06 bits per heavy atom. The minimum absolute atomic E-state index is 0.00502. The molecule has 17 heavy (non-hydrogen) atoms. The van der Waals surface area contributed by atoms with Crippen LogP contribution in [0.3, 0.4) is 0 Å². The molecule has 0 N–H and O–H groups in total. The van der Waals surface area contributed by atoms with E-state index in [0.29, 0.717) is 25.6 Å². The first-order valence-electron chi connectivity index (χ1n) is 5.30. The van der Waals surface area contributed by atoms with Crippen molar-refractivity contribution in [2.24, 2.45) is 0 Å². The lowest BCUT2D eigenvalue weighted by atomic mass is 10.3. The monoisotopic (exact) mass is 273 g/mol. The minimum Gasteiger partial charge on any atom is -0.383 e. The van der Waals surface area contributed by atoms with Crippen molar-refractivity contribution in [3.8, 4) is 0 Å². The summed E-state index contributed by atoms with van der Waals surface area (Å²) in [7, 11) is 1.54. The van der Waals surface area contributed by atoms with E-state index in [4.69, 9.17) is 16.3 Å². The van der Waals surface area contributed by atoms with Crippen molar-refractivity contribution >= 4 is 17.5 Å². The molecule has 0 aromatic heterocycles. The molecule has 0 aromatic carbocycles. The maximum absolute atomic E-state index is 11.8. The van der Waals surface area contributed by atoms with Gasteiger partial charge in [-0.15, -0.1) is 11.6 Å². The summed E-state index contributed by atoms with van der Waals surface area (Å²) in [6.45, 7) is 0.631. The summed E-state index contributed by atoms with van der Waals surface area (Å²) >= 11 is 5.56. The fourth-order valence-corrected chi connectivity index (χ4v) is 1.36. The second kappa shape index (κ2) is 10.7. The molecule has 0 saturated heterocycles. The molecule has 0 aliphatic heterocycles. The number of amides is 1. The number of carbonyl (C=O) groups is 1. The highest BCUT2D eigenvalue weighted by atomic mass is 35.5. The van der Waals surface area contributed by atoms with Gasteiger partial charge in [0.25, 0.3) is 6.43 Å². The highest BCUT2D eigenvalue weighted by molar-refractivity contribution is 6.18. The first-order chi connectivity index (χ1) is 8.11. The topological polar surface area (TPSA) is 38.8 Å². The molecule has 0 rings (SSSR count). The predicted molar refractivity (Wildman–Crippen MR) is 60.6 cm³/mol. The van der Waals surface area contributed by atoms with Gasteiger partial charge < -0.3 is 14.4 Å². The first kappa shape index (κ1) is 16.5. The number of halogens is 3. The van der Waals surface area contributed by atoms with Crippen molar-refractivity contribution in [3.05, 3.63) is 0 Å². The van der Waals surface area contributed by atoms with E-state index in [9.17, 15) is 13.6 Å². The van der Waals surface area contributed by atoms with Crippen LogP contribution in [-0.2, 0) is 14.3 Å². The Morgan fingerprint density at radius 1 is 1.35 bits per heavy atom. The number of ether oxygens (including phenoxy) is 2. The Balaban J connectivity index is 3.80. The van der Waals surface area contributed by atoms with Gasteiger partial charge in [-0.3, -0.25) is 4.79 Å². The molecular weight excluding hydrogens is 256 g/mol. The zero-order chi connectivity index (χ0) is 13.1. The summed E-state index contributed by atoms with van der Waals surface area (Å²) in [5, 5.41) is 0. The van der Waals surface area contributed by atoms with Gasteiger partial charge >= 0.3 is 0 Å². The smallest absolute Gasteiger partial charge is 0.261 e. The van der Waals surface area contributed by atoms with Gasteiger partial charge in [-0.25, -0.2) is 8.78 Å². The fourth-order valence-electron chi connectivity index (χ4n) is 1.15. The second-order valence-electron chi connectivity index (χ2n) is 3.28. The Kier molecular flexibility index (Phi) is 10.4. The second-order valence-corrected chi connectivity index (χ2v) is 3.66. The van der Waals surface area contributed by atoms with Crippen LogP contribution in [0, 0.1) is 0 Å². The van der Waals surface area contributed by atoms with Crippen molar-refractivity contribution in [2.45, 2.75) is 12.8 Å². The quantitative estimate of drug-likeness (QED) is 0.446. The highest BCUT2D eigenvalue weighted by Gasteiger charge is 2.12. The summed E-state index contributed by atoms with van der Waals surface area (Å²) in [5.74, 6) is 0.157. The number of nitrogens with zero attached hydrogens (tertiary/aromatic N) is 1. The van der Waals surface area contributed by atoms with Crippen molar-refractivity contribution < 1.29 is 23.0 Å². The van der Waals surface area contributed by atoms with Gasteiger partial charge in [0, 0.05) is 26.1 Å². The molecule has 7 heteroatoms. The Labute approximate surface area is 105 Å². The van der Waals surface area contributed by atoms with Gasteiger partial charge in [0.1, 0.15) is 6.61 Å². The summed E-state index contributed by atoms with van der Waals surface area (Å²) in [6.07, 6.45) is -2.43. The van der Waals surface area contributed by atoms with Gasteiger partial charge in [-0.2, -0.15) is 0 Å². The summed E-state index contributed by atoms with van der Waals surface area (Å²) in [4.78, 5) is 13.2. The fraction of sp³-hybridized carbons (Fsp3) is 0.900. The van der Waals surface area contributed by atoms with Crippen LogP contribution in [-0.4, -0.2) is 63.1 Å². The van der Waals surface area contributed by atoms with E-state index in [1.54, 1.807) is 0 Å². The van der Waals surface area contributed by atoms with Crippen LogP contribution in [0.5, 0.6) is 0 Å². The molecule has 102 valence electrons. The zero-order valence-electron chi connectivity index (χ0n) is 9.83. The molecule has 0 spiro atoms. The predicted octanol–water partition coefficient (Wildman–Crippen LogP) is 1.37. The van der Waals surface area contributed by atoms with Crippen LogP contribution in [0.2, 0.25) is 0 Å². The van der Waals surface area contributed by atoms with E-state index < -0.39 is 13.0 Å². The lowest BCUT2D eigenvalue weighted by molar-refractivity contribution is -0.133. The van der Waals surface area contributed by atoms with Crippen LogP contribution >= 0.6 is 11.6 Å². The molecule has 0 bridgehead atoms. The summed E-state index contributed by atoms with van der Waals surface area (Å²) in [5.41, 5.74) is 0. The molecule has 0 fully saturated rings. The van der Waals surface area contributed by atoms with Crippen molar-refractivity contribution in [2.75, 3.05) is 45.9 Å². The average molecular weight is 274 g/mol. The molecular formula is C10H18ClF2NO3. The van der Waals surface area contributed by atoms with Crippen LogP contribution < -0.4 is 0 Å². The van der Waals surface area contributed by atoms with E-state index in [2.05, 4.69) is 4.74 Å². The molecule has 1 amide bonds. The van der Waals surface area contributed by atoms with E-state index in [1.165, 1.54) is 12.0 Å². The molecule has 0 saturated carbocycles. The maximum atomic E-state index is 11.8. The van der Waals surface area contributed by atoms with E-state index in [0.717, 1.165) is 0 Å². The van der Waals surface area contributed by atoms with E-state index in [1.807, 2.05) is 0 Å². The standard InChI is InChI=1S/C10H18ClF2NO3/c1-16-7-5-14(4-3-11)10(15)2-6-17-8-9(12)13/h9H,2-8H2,1H3. The number of hydrogen-bond donors (Lipinski definition) is 0. The van der Waals surface area contributed by atoms with Gasteiger partial charge in [0.15, 0.2) is 0 Å². The minimum atomic E-state index is -2.50. The highest BCUT2D eigenvalue weighted by Crippen LogP contribution is 1.98. The lowest BCUT2D eigenvalue weighted by Gasteiger charge is -2.21. The van der Waals surface area contributed by atoms with Crippen molar-refractivity contribution in [1.82, 2.24) is 4.90 Å². The van der Waals surface area contributed by atoms with Crippen LogP contribution in [0.25, 0.3) is 0 Å². The number of alkyl halides is 3. The van der Waals surface area contributed by atoms with Crippen LogP contribution in [0.1, 0.15) is 6.42 Å². The molecule has 4 nitrogen and oxygen atoms in total.